The van der Waals surface area contributed by atoms with Gasteiger partial charge in [0.1, 0.15) is 5.75 Å². The molecular formula is C24H28N2O4. The number of Topliss-reactive ketones (excluding diaryl/α,β-unsaturated/α-hetero) is 1. The molecule has 3 rings (SSSR count). The average molecular weight is 408 g/mol. The number of hydrogen-bond donors (Lipinski definition) is 1. The van der Waals surface area contributed by atoms with Crippen LogP contribution < -0.4 is 15.0 Å². The first-order chi connectivity index (χ1) is 14.4. The Labute approximate surface area is 177 Å². The van der Waals surface area contributed by atoms with Gasteiger partial charge >= 0.3 is 0 Å². The molecule has 30 heavy (non-hydrogen) atoms. The third-order valence-corrected chi connectivity index (χ3v) is 5.31. The Kier molecular flexibility index (Phi) is 6.87. The zero-order valence-corrected chi connectivity index (χ0v) is 17.7. The SMILES string of the molecule is CCCNC(=O)[C@H]1CN(C(=O)CCC(=O)c2ccc(C)c(C)c2)c2ccccc2O1. The highest BCUT2D eigenvalue weighted by Gasteiger charge is 2.33. The summed E-state index contributed by atoms with van der Waals surface area (Å²) < 4.78 is 5.82. The fourth-order valence-corrected chi connectivity index (χ4v) is 3.38. The van der Waals surface area contributed by atoms with Gasteiger partial charge in [-0.2, -0.15) is 0 Å². The number of aryl methyl sites for hydroxylation is 2. The summed E-state index contributed by atoms with van der Waals surface area (Å²) in [5, 5.41) is 2.82. The van der Waals surface area contributed by atoms with Crippen LogP contribution in [-0.4, -0.2) is 36.8 Å². The van der Waals surface area contributed by atoms with Gasteiger partial charge in [-0.3, -0.25) is 14.4 Å². The maximum Gasteiger partial charge on any atom is 0.262 e. The molecule has 0 aliphatic carbocycles. The van der Waals surface area contributed by atoms with E-state index in [1.54, 1.807) is 29.2 Å². The first-order valence-electron chi connectivity index (χ1n) is 10.3. The molecule has 1 heterocycles. The minimum Gasteiger partial charge on any atom is -0.477 e. The number of ether oxygens (including phenoxy) is 1. The van der Waals surface area contributed by atoms with Gasteiger partial charge in [-0.25, -0.2) is 0 Å². The molecule has 1 atom stereocenters. The van der Waals surface area contributed by atoms with Crippen LogP contribution in [0.4, 0.5) is 5.69 Å². The molecule has 158 valence electrons. The number of rotatable bonds is 7. The Bertz CT molecular complexity index is 954. The summed E-state index contributed by atoms with van der Waals surface area (Å²) in [6.45, 7) is 6.61. The Balaban J connectivity index is 1.70. The number of para-hydroxylation sites is 2. The molecule has 0 radical (unpaired) electrons. The third-order valence-electron chi connectivity index (χ3n) is 5.31. The molecule has 1 aliphatic rings. The standard InChI is InChI=1S/C24H28N2O4/c1-4-13-25-24(29)22-15-26(19-7-5-6-8-21(19)30-22)23(28)12-11-20(27)18-10-9-16(2)17(3)14-18/h5-10,14,22H,4,11-13,15H2,1-3H3,(H,25,29)/t22-/m1/s1. The summed E-state index contributed by atoms with van der Waals surface area (Å²) >= 11 is 0. The monoisotopic (exact) mass is 408 g/mol. The lowest BCUT2D eigenvalue weighted by atomic mass is 10.0. The van der Waals surface area contributed by atoms with Crippen molar-refractivity contribution in [2.24, 2.45) is 0 Å². The number of fused-ring (bicyclic) bond motifs is 1. The van der Waals surface area contributed by atoms with Crippen molar-refractivity contribution in [3.63, 3.8) is 0 Å². The molecule has 0 spiro atoms. The summed E-state index contributed by atoms with van der Waals surface area (Å²) in [5.41, 5.74) is 3.42. The Morgan fingerprint density at radius 3 is 2.57 bits per heavy atom. The third kappa shape index (κ3) is 4.87. The van der Waals surface area contributed by atoms with Crippen LogP contribution in [0.15, 0.2) is 42.5 Å². The van der Waals surface area contributed by atoms with E-state index in [4.69, 9.17) is 4.74 Å². The number of hydrogen-bond acceptors (Lipinski definition) is 4. The van der Waals surface area contributed by atoms with Crippen LogP contribution in [0.3, 0.4) is 0 Å². The van der Waals surface area contributed by atoms with Crippen molar-refractivity contribution in [1.29, 1.82) is 0 Å². The lowest BCUT2D eigenvalue weighted by Gasteiger charge is -2.34. The Morgan fingerprint density at radius 1 is 1.07 bits per heavy atom. The van der Waals surface area contributed by atoms with Gasteiger partial charge in [0.25, 0.3) is 5.91 Å². The van der Waals surface area contributed by atoms with Crippen LogP contribution >= 0.6 is 0 Å². The van der Waals surface area contributed by atoms with E-state index in [-0.39, 0.29) is 37.0 Å². The molecule has 2 amide bonds. The molecule has 6 heteroatoms. The van der Waals surface area contributed by atoms with E-state index in [1.165, 1.54) is 0 Å². The highest BCUT2D eigenvalue weighted by atomic mass is 16.5. The van der Waals surface area contributed by atoms with Gasteiger partial charge in [-0.15, -0.1) is 0 Å². The second-order valence-electron chi connectivity index (χ2n) is 7.59. The minimum atomic E-state index is -0.772. The summed E-state index contributed by atoms with van der Waals surface area (Å²) in [6, 6.07) is 12.7. The normalized spacial score (nSPS) is 15.2. The molecule has 0 aromatic heterocycles. The van der Waals surface area contributed by atoms with Crippen molar-refractivity contribution >= 4 is 23.3 Å². The fourth-order valence-electron chi connectivity index (χ4n) is 3.38. The molecular weight excluding hydrogens is 380 g/mol. The van der Waals surface area contributed by atoms with E-state index in [0.29, 0.717) is 23.5 Å². The van der Waals surface area contributed by atoms with Crippen LogP contribution in [0.1, 0.15) is 47.7 Å². The fraction of sp³-hybridized carbons (Fsp3) is 0.375. The Morgan fingerprint density at radius 2 is 1.83 bits per heavy atom. The largest absolute Gasteiger partial charge is 0.477 e. The maximum absolute atomic E-state index is 13.0. The van der Waals surface area contributed by atoms with Crippen molar-refractivity contribution < 1.29 is 19.1 Å². The van der Waals surface area contributed by atoms with Crippen molar-refractivity contribution in [2.45, 2.75) is 46.1 Å². The Hall–Kier alpha value is -3.15. The lowest BCUT2D eigenvalue weighted by Crippen LogP contribution is -2.50. The first kappa shape index (κ1) is 21.6. The van der Waals surface area contributed by atoms with Gasteiger partial charge in [0, 0.05) is 24.9 Å². The van der Waals surface area contributed by atoms with Crippen molar-refractivity contribution in [2.75, 3.05) is 18.0 Å². The minimum absolute atomic E-state index is 0.0646. The van der Waals surface area contributed by atoms with Gasteiger partial charge in [0.15, 0.2) is 11.9 Å². The molecule has 0 fully saturated rings. The predicted octanol–water partition coefficient (Wildman–Crippen LogP) is 3.59. The van der Waals surface area contributed by atoms with Gasteiger partial charge in [-0.05, 0) is 49.6 Å². The van der Waals surface area contributed by atoms with Crippen molar-refractivity contribution in [3.8, 4) is 5.75 Å². The van der Waals surface area contributed by atoms with Crippen molar-refractivity contribution in [1.82, 2.24) is 5.32 Å². The molecule has 6 nitrogen and oxygen atoms in total. The van der Waals surface area contributed by atoms with E-state index < -0.39 is 6.10 Å². The first-order valence-corrected chi connectivity index (χ1v) is 10.3. The molecule has 0 saturated carbocycles. The van der Waals surface area contributed by atoms with E-state index in [9.17, 15) is 14.4 Å². The zero-order chi connectivity index (χ0) is 21.7. The lowest BCUT2D eigenvalue weighted by molar-refractivity contribution is -0.128. The summed E-state index contributed by atoms with van der Waals surface area (Å²) in [5.74, 6) is -0.00828. The van der Waals surface area contributed by atoms with Gasteiger partial charge in [0.2, 0.25) is 5.91 Å². The predicted molar refractivity (Wildman–Crippen MR) is 116 cm³/mol. The topological polar surface area (TPSA) is 75.7 Å². The van der Waals surface area contributed by atoms with Gasteiger partial charge in [-0.1, -0.05) is 31.2 Å². The summed E-state index contributed by atoms with van der Waals surface area (Å²) in [6.07, 6.45) is 0.237. The molecule has 0 unspecified atom stereocenters. The highest BCUT2D eigenvalue weighted by Crippen LogP contribution is 2.33. The number of nitrogens with zero attached hydrogens (tertiary/aromatic N) is 1. The second-order valence-corrected chi connectivity index (χ2v) is 7.59. The molecule has 0 bridgehead atoms. The number of carbonyl (C=O) groups is 3. The molecule has 2 aromatic carbocycles. The summed E-state index contributed by atoms with van der Waals surface area (Å²) in [4.78, 5) is 39.5. The van der Waals surface area contributed by atoms with Crippen LogP contribution in [-0.2, 0) is 9.59 Å². The number of nitrogens with one attached hydrogen (secondary N) is 1. The van der Waals surface area contributed by atoms with E-state index >= 15 is 0 Å². The number of ketones is 1. The number of anilines is 1. The summed E-state index contributed by atoms with van der Waals surface area (Å²) in [7, 11) is 0. The molecule has 1 N–H and O–H groups in total. The zero-order valence-electron chi connectivity index (χ0n) is 17.7. The number of benzene rings is 2. The number of carbonyl (C=O) groups excluding carboxylic acids is 3. The van der Waals surface area contributed by atoms with E-state index in [1.807, 2.05) is 39.0 Å². The second kappa shape index (κ2) is 9.57. The maximum atomic E-state index is 13.0. The van der Waals surface area contributed by atoms with Crippen LogP contribution in [0.2, 0.25) is 0 Å². The average Bonchev–Trinajstić information content (AvgIpc) is 2.76. The van der Waals surface area contributed by atoms with E-state index in [0.717, 1.165) is 17.5 Å². The van der Waals surface area contributed by atoms with Crippen LogP contribution in [0.25, 0.3) is 0 Å². The quantitative estimate of drug-likeness (QED) is 0.711. The molecule has 2 aromatic rings. The van der Waals surface area contributed by atoms with Gasteiger partial charge in [0.05, 0.1) is 12.2 Å². The highest BCUT2D eigenvalue weighted by molar-refractivity contribution is 6.02. The number of amides is 2. The molecule has 1 aliphatic heterocycles. The van der Waals surface area contributed by atoms with Crippen molar-refractivity contribution in [3.05, 3.63) is 59.2 Å². The van der Waals surface area contributed by atoms with Crippen LogP contribution in [0, 0.1) is 13.8 Å². The molecule has 0 saturated heterocycles. The van der Waals surface area contributed by atoms with E-state index in [2.05, 4.69) is 5.32 Å². The van der Waals surface area contributed by atoms with Gasteiger partial charge < -0.3 is 15.0 Å². The van der Waals surface area contributed by atoms with Crippen LogP contribution in [0.5, 0.6) is 5.75 Å². The smallest absolute Gasteiger partial charge is 0.262 e.